The summed E-state index contributed by atoms with van der Waals surface area (Å²) in [6.07, 6.45) is 22.4. The summed E-state index contributed by atoms with van der Waals surface area (Å²) in [5, 5.41) is 0. The third-order valence-electron chi connectivity index (χ3n) is 8.14. The molecule has 1 saturated heterocycles. The van der Waals surface area contributed by atoms with E-state index in [1.807, 2.05) is 0 Å². The molecule has 3 fully saturated rings. The third-order valence-corrected chi connectivity index (χ3v) is 8.14. The second-order valence-corrected chi connectivity index (χ2v) is 8.52. The molecule has 7 aliphatic rings. The molecule has 0 aromatic rings. The molecule has 2 spiro atoms. The van der Waals surface area contributed by atoms with E-state index in [-0.39, 0.29) is 11.2 Å². The van der Waals surface area contributed by atoms with E-state index in [0.717, 1.165) is 23.7 Å². The van der Waals surface area contributed by atoms with Crippen LogP contribution in [-0.4, -0.2) is 11.2 Å². The van der Waals surface area contributed by atoms with E-state index >= 15 is 0 Å². The molecule has 0 bridgehead atoms. The Kier molecular flexibility index (Phi) is 1.46. The monoisotopic (exact) mass is 276 g/mol. The summed E-state index contributed by atoms with van der Waals surface area (Å²) >= 11 is 0. The second-order valence-electron chi connectivity index (χ2n) is 8.52. The minimum atomic E-state index is 0.195. The van der Waals surface area contributed by atoms with Crippen molar-refractivity contribution in [1.29, 1.82) is 0 Å². The van der Waals surface area contributed by atoms with Crippen molar-refractivity contribution in [2.75, 3.05) is 0 Å². The Morgan fingerprint density at radius 3 is 1.62 bits per heavy atom. The Balaban J connectivity index is 1.36. The molecule has 2 saturated carbocycles. The molecule has 6 aliphatic carbocycles. The fraction of sp³-hybridized carbons (Fsp3) is 0.600. The maximum absolute atomic E-state index is 6.78. The molecule has 1 aliphatic heterocycles. The van der Waals surface area contributed by atoms with Gasteiger partial charge in [-0.25, -0.2) is 0 Å². The van der Waals surface area contributed by atoms with Gasteiger partial charge in [0, 0.05) is 11.8 Å². The molecule has 0 unspecified atom stereocenters. The summed E-state index contributed by atoms with van der Waals surface area (Å²) in [7, 11) is 0. The average molecular weight is 276 g/mol. The quantitative estimate of drug-likeness (QED) is 0.487. The van der Waals surface area contributed by atoms with Gasteiger partial charge in [-0.05, 0) is 48.3 Å². The van der Waals surface area contributed by atoms with Gasteiger partial charge in [0.05, 0.1) is 0 Å². The van der Waals surface area contributed by atoms with Crippen LogP contribution in [0.5, 0.6) is 0 Å². The van der Waals surface area contributed by atoms with Crippen LogP contribution in [0.3, 0.4) is 0 Å². The van der Waals surface area contributed by atoms with Gasteiger partial charge in [0.15, 0.2) is 0 Å². The number of epoxide rings is 1. The molecule has 1 nitrogen and oxygen atoms in total. The van der Waals surface area contributed by atoms with Gasteiger partial charge >= 0.3 is 0 Å². The highest BCUT2D eigenvalue weighted by Gasteiger charge is 2.83. The van der Waals surface area contributed by atoms with E-state index in [9.17, 15) is 0 Å². The summed E-state index contributed by atoms with van der Waals surface area (Å²) in [5.74, 6) is 6.05. The normalized spacial score (nSPS) is 69.0. The van der Waals surface area contributed by atoms with Gasteiger partial charge in [-0.1, -0.05) is 48.6 Å². The van der Waals surface area contributed by atoms with Crippen LogP contribution in [0.4, 0.5) is 0 Å². The number of allylic oxidation sites excluding steroid dienone is 6. The van der Waals surface area contributed by atoms with Crippen LogP contribution in [0.1, 0.15) is 12.8 Å². The van der Waals surface area contributed by atoms with Crippen molar-refractivity contribution < 1.29 is 4.74 Å². The Morgan fingerprint density at radius 1 is 0.619 bits per heavy atom. The van der Waals surface area contributed by atoms with Crippen molar-refractivity contribution in [1.82, 2.24) is 0 Å². The summed E-state index contributed by atoms with van der Waals surface area (Å²) in [6, 6.07) is 0. The van der Waals surface area contributed by atoms with Crippen molar-refractivity contribution in [2.45, 2.75) is 24.0 Å². The van der Waals surface area contributed by atoms with Gasteiger partial charge < -0.3 is 4.74 Å². The summed E-state index contributed by atoms with van der Waals surface area (Å²) in [5.41, 5.74) is 0.390. The Hall–Kier alpha value is -1.08. The van der Waals surface area contributed by atoms with E-state index in [1.54, 1.807) is 0 Å². The maximum atomic E-state index is 6.78. The van der Waals surface area contributed by atoms with Gasteiger partial charge in [-0.3, -0.25) is 0 Å². The molecule has 0 radical (unpaired) electrons. The highest BCUT2D eigenvalue weighted by Crippen LogP contribution is 2.77. The highest BCUT2D eigenvalue weighted by molar-refractivity contribution is 5.43. The van der Waals surface area contributed by atoms with E-state index in [4.69, 9.17) is 4.74 Å². The van der Waals surface area contributed by atoms with Crippen LogP contribution in [0.2, 0.25) is 0 Å². The fourth-order valence-corrected chi connectivity index (χ4v) is 7.52. The van der Waals surface area contributed by atoms with Gasteiger partial charge in [-0.2, -0.15) is 0 Å². The fourth-order valence-electron chi connectivity index (χ4n) is 7.52. The minimum Gasteiger partial charge on any atom is -0.361 e. The lowest BCUT2D eigenvalue weighted by Crippen LogP contribution is -2.33. The summed E-state index contributed by atoms with van der Waals surface area (Å²) < 4.78 is 6.78. The molecule has 106 valence electrons. The molecular weight excluding hydrogens is 256 g/mol. The lowest BCUT2D eigenvalue weighted by atomic mass is 9.75. The van der Waals surface area contributed by atoms with Gasteiger partial charge in [-0.15, -0.1) is 0 Å². The van der Waals surface area contributed by atoms with Crippen molar-refractivity contribution >= 4 is 0 Å². The maximum Gasteiger partial charge on any atom is 0.106 e. The first-order valence-corrected chi connectivity index (χ1v) is 8.76. The zero-order valence-electron chi connectivity index (χ0n) is 12.1. The van der Waals surface area contributed by atoms with Gasteiger partial charge in [0.25, 0.3) is 0 Å². The predicted octanol–water partition coefficient (Wildman–Crippen LogP) is 3.51. The number of ether oxygens (including phenoxy) is 1. The average Bonchev–Trinajstić information content (AvgIpc) is 3.08. The Bertz CT molecular complexity index is 626. The van der Waals surface area contributed by atoms with Crippen LogP contribution >= 0.6 is 0 Å². The standard InChI is InChI=1S/C20H20O/c1-3-13-9-19(15-7-5-11(1)17(13)15)20(21-19)10-14-4-2-12-6-8-16(20)18(12)14/h1-8,11-18H,9-10H2/t11-,12+,13+,14-,15-,16-,17+,18-,19+,20-/m1/s1. The first kappa shape index (κ1) is 10.6. The highest BCUT2D eigenvalue weighted by atomic mass is 16.6. The molecule has 1 heterocycles. The van der Waals surface area contributed by atoms with Gasteiger partial charge in [0.1, 0.15) is 11.2 Å². The zero-order chi connectivity index (χ0) is 13.4. The second kappa shape index (κ2) is 2.88. The van der Waals surface area contributed by atoms with E-state index in [0.29, 0.717) is 23.7 Å². The lowest BCUT2D eigenvalue weighted by Gasteiger charge is -2.22. The van der Waals surface area contributed by atoms with Crippen molar-refractivity contribution in [3.8, 4) is 0 Å². The molecule has 0 aromatic heterocycles. The Labute approximate surface area is 125 Å². The molecule has 21 heavy (non-hydrogen) atoms. The third kappa shape index (κ3) is 0.892. The van der Waals surface area contributed by atoms with E-state index in [1.165, 1.54) is 12.8 Å². The minimum absolute atomic E-state index is 0.195. The molecule has 10 atom stereocenters. The molecule has 7 rings (SSSR count). The molecular formula is C20H20O. The predicted molar refractivity (Wildman–Crippen MR) is 80.3 cm³/mol. The number of fused-ring (bicyclic) bond motifs is 3. The van der Waals surface area contributed by atoms with Crippen LogP contribution in [0.25, 0.3) is 0 Å². The topological polar surface area (TPSA) is 12.5 Å². The van der Waals surface area contributed by atoms with Crippen molar-refractivity contribution in [2.24, 2.45) is 47.3 Å². The van der Waals surface area contributed by atoms with E-state index in [2.05, 4.69) is 48.6 Å². The Morgan fingerprint density at radius 2 is 1.10 bits per heavy atom. The molecule has 0 N–H and O–H groups in total. The smallest absolute Gasteiger partial charge is 0.106 e. The van der Waals surface area contributed by atoms with Crippen LogP contribution < -0.4 is 0 Å². The largest absolute Gasteiger partial charge is 0.361 e. The number of hydrogen-bond acceptors (Lipinski definition) is 1. The summed E-state index contributed by atoms with van der Waals surface area (Å²) in [4.78, 5) is 0. The number of hydrogen-bond donors (Lipinski definition) is 0. The first-order valence-electron chi connectivity index (χ1n) is 8.76. The molecule has 1 heteroatoms. The summed E-state index contributed by atoms with van der Waals surface area (Å²) in [6.45, 7) is 0. The van der Waals surface area contributed by atoms with E-state index < -0.39 is 0 Å². The first-order chi connectivity index (χ1) is 10.3. The van der Waals surface area contributed by atoms with Crippen LogP contribution in [0.15, 0.2) is 48.6 Å². The van der Waals surface area contributed by atoms with Gasteiger partial charge in [0.2, 0.25) is 0 Å². The van der Waals surface area contributed by atoms with Crippen molar-refractivity contribution in [3.05, 3.63) is 48.6 Å². The SMILES string of the molecule is C1=C[C@@H]2C[C@@]3(O[C@]34C[C@@H]3C=C[C@@H]5C=C[C@@H]4[C@@H]53)[C@@H]3C=C[C@H]1[C@H]23. The molecule has 0 amide bonds. The lowest BCUT2D eigenvalue weighted by molar-refractivity contribution is 0.221. The zero-order valence-corrected chi connectivity index (χ0v) is 12.1. The van der Waals surface area contributed by atoms with Crippen LogP contribution in [0, 0.1) is 47.3 Å². The van der Waals surface area contributed by atoms with Crippen LogP contribution in [-0.2, 0) is 4.74 Å². The molecule has 0 aromatic carbocycles. The van der Waals surface area contributed by atoms with Crippen molar-refractivity contribution in [3.63, 3.8) is 0 Å². The number of rotatable bonds is 0.